The molecule has 2 aromatic heterocycles. The molecule has 24 heavy (non-hydrogen) atoms. The Labute approximate surface area is 166 Å². The number of guanidine groups is 1. The SMILES string of the molecule is CN=C(NCc1sccc1C)NC(C)Cc1c(C)nn(C)c1C.I. The highest BCUT2D eigenvalue weighted by Crippen LogP contribution is 2.15. The maximum absolute atomic E-state index is 4.49. The molecule has 0 fully saturated rings. The van der Waals surface area contributed by atoms with Crippen molar-refractivity contribution in [1.29, 1.82) is 0 Å². The van der Waals surface area contributed by atoms with E-state index in [-0.39, 0.29) is 30.0 Å². The number of nitrogens with one attached hydrogen (secondary N) is 2. The summed E-state index contributed by atoms with van der Waals surface area (Å²) in [4.78, 5) is 5.67. The minimum absolute atomic E-state index is 0. The number of aliphatic imine (C=N–C) groups is 1. The molecule has 0 aromatic carbocycles. The van der Waals surface area contributed by atoms with Gasteiger partial charge in [-0.3, -0.25) is 9.67 Å². The van der Waals surface area contributed by atoms with Crippen molar-refractivity contribution in [3.8, 4) is 0 Å². The quantitative estimate of drug-likeness (QED) is 0.408. The molecule has 2 aromatic rings. The molecule has 0 bridgehead atoms. The molecule has 0 aliphatic rings. The fourth-order valence-electron chi connectivity index (χ4n) is 2.65. The van der Waals surface area contributed by atoms with E-state index >= 15 is 0 Å². The highest BCUT2D eigenvalue weighted by atomic mass is 127. The lowest BCUT2D eigenvalue weighted by atomic mass is 10.1. The van der Waals surface area contributed by atoms with Crippen molar-refractivity contribution < 1.29 is 0 Å². The molecule has 2 rings (SSSR count). The van der Waals surface area contributed by atoms with Crippen LogP contribution in [0.25, 0.3) is 0 Å². The van der Waals surface area contributed by atoms with Gasteiger partial charge in [-0.05, 0) is 56.7 Å². The van der Waals surface area contributed by atoms with Gasteiger partial charge in [0.25, 0.3) is 0 Å². The van der Waals surface area contributed by atoms with Crippen molar-refractivity contribution in [3.05, 3.63) is 38.8 Å². The molecule has 5 nitrogen and oxygen atoms in total. The number of rotatable bonds is 5. The Balaban J connectivity index is 0.00000288. The standard InChI is InChI=1S/C17H27N5S.HI/c1-11-7-8-23-16(11)10-19-17(18-5)20-12(2)9-15-13(3)21-22(6)14(15)4;/h7-8,12H,9-10H2,1-6H3,(H2,18,19,20);1H. The molecule has 2 heterocycles. The smallest absolute Gasteiger partial charge is 0.191 e. The molecule has 0 amide bonds. The molecule has 0 aliphatic carbocycles. The third kappa shape index (κ3) is 5.20. The zero-order chi connectivity index (χ0) is 17.0. The van der Waals surface area contributed by atoms with Crippen molar-refractivity contribution in [2.45, 2.75) is 46.7 Å². The van der Waals surface area contributed by atoms with Gasteiger partial charge in [-0.2, -0.15) is 5.10 Å². The van der Waals surface area contributed by atoms with E-state index in [1.807, 2.05) is 18.8 Å². The van der Waals surface area contributed by atoms with E-state index in [9.17, 15) is 0 Å². The summed E-state index contributed by atoms with van der Waals surface area (Å²) in [5.74, 6) is 0.837. The Hall–Kier alpha value is -1.09. The fraction of sp³-hybridized carbons (Fsp3) is 0.529. The minimum atomic E-state index is 0. The van der Waals surface area contributed by atoms with Gasteiger partial charge < -0.3 is 10.6 Å². The molecular weight excluding hydrogens is 433 g/mol. The van der Waals surface area contributed by atoms with Crippen molar-refractivity contribution in [2.24, 2.45) is 12.0 Å². The number of aromatic nitrogens is 2. The Kier molecular flexibility index (Phi) is 8.21. The number of hydrogen-bond donors (Lipinski definition) is 2. The molecule has 1 unspecified atom stereocenters. The van der Waals surface area contributed by atoms with Gasteiger partial charge in [0.1, 0.15) is 0 Å². The van der Waals surface area contributed by atoms with Crippen LogP contribution in [0.1, 0.15) is 34.3 Å². The van der Waals surface area contributed by atoms with E-state index in [4.69, 9.17) is 0 Å². The van der Waals surface area contributed by atoms with Gasteiger partial charge in [0.2, 0.25) is 0 Å². The molecule has 0 aliphatic heterocycles. The second-order valence-electron chi connectivity index (χ2n) is 5.98. The molecular formula is C17H28IN5S. The highest BCUT2D eigenvalue weighted by Gasteiger charge is 2.14. The van der Waals surface area contributed by atoms with E-state index < -0.39 is 0 Å². The van der Waals surface area contributed by atoms with Crippen LogP contribution in [0.3, 0.4) is 0 Å². The average Bonchev–Trinajstić information content (AvgIpc) is 3.02. The van der Waals surface area contributed by atoms with Crippen molar-refractivity contribution in [2.75, 3.05) is 7.05 Å². The normalized spacial score (nSPS) is 12.7. The van der Waals surface area contributed by atoms with E-state index in [2.05, 4.69) is 59.9 Å². The van der Waals surface area contributed by atoms with Crippen LogP contribution in [0.15, 0.2) is 16.4 Å². The van der Waals surface area contributed by atoms with Crippen LogP contribution < -0.4 is 10.6 Å². The number of thiophene rings is 1. The Morgan fingerprint density at radius 1 is 1.38 bits per heavy atom. The molecule has 0 saturated heterocycles. The lowest BCUT2D eigenvalue weighted by molar-refractivity contribution is 0.636. The summed E-state index contributed by atoms with van der Waals surface area (Å²) in [5.41, 5.74) is 4.98. The predicted octanol–water partition coefficient (Wildman–Crippen LogP) is 3.32. The number of halogens is 1. The minimum Gasteiger partial charge on any atom is -0.354 e. The predicted molar refractivity (Wildman–Crippen MR) is 114 cm³/mol. The van der Waals surface area contributed by atoms with Gasteiger partial charge in [-0.25, -0.2) is 0 Å². The largest absolute Gasteiger partial charge is 0.354 e. The van der Waals surface area contributed by atoms with Crippen LogP contribution in [0, 0.1) is 20.8 Å². The summed E-state index contributed by atoms with van der Waals surface area (Å²) in [7, 11) is 3.80. The molecule has 134 valence electrons. The van der Waals surface area contributed by atoms with Gasteiger partial charge in [-0.1, -0.05) is 0 Å². The number of nitrogens with zero attached hydrogens (tertiary/aromatic N) is 3. The number of aryl methyl sites for hydroxylation is 3. The summed E-state index contributed by atoms with van der Waals surface area (Å²) in [6, 6.07) is 2.43. The van der Waals surface area contributed by atoms with Crippen LogP contribution in [-0.4, -0.2) is 28.8 Å². The zero-order valence-electron chi connectivity index (χ0n) is 15.3. The van der Waals surface area contributed by atoms with E-state index in [1.165, 1.54) is 21.7 Å². The summed E-state index contributed by atoms with van der Waals surface area (Å²) >= 11 is 1.77. The van der Waals surface area contributed by atoms with E-state index in [0.717, 1.165) is 24.6 Å². The molecule has 0 radical (unpaired) electrons. The van der Waals surface area contributed by atoms with Gasteiger partial charge >= 0.3 is 0 Å². The zero-order valence-corrected chi connectivity index (χ0v) is 18.5. The first-order chi connectivity index (χ1) is 10.9. The monoisotopic (exact) mass is 461 g/mol. The third-order valence-electron chi connectivity index (χ3n) is 4.16. The first-order valence-corrected chi connectivity index (χ1v) is 8.79. The van der Waals surface area contributed by atoms with Crippen LogP contribution >= 0.6 is 35.3 Å². The number of hydrogen-bond acceptors (Lipinski definition) is 3. The fourth-order valence-corrected chi connectivity index (χ4v) is 3.49. The lowest BCUT2D eigenvalue weighted by Crippen LogP contribution is -2.42. The first-order valence-electron chi connectivity index (χ1n) is 7.91. The third-order valence-corrected chi connectivity index (χ3v) is 5.18. The molecule has 2 N–H and O–H groups in total. The van der Waals surface area contributed by atoms with Gasteiger partial charge in [0.05, 0.1) is 12.2 Å². The van der Waals surface area contributed by atoms with Crippen LogP contribution in [-0.2, 0) is 20.0 Å². The Bertz CT molecular complexity index is 689. The van der Waals surface area contributed by atoms with Crippen molar-refractivity contribution in [1.82, 2.24) is 20.4 Å². The first kappa shape index (κ1) is 21.0. The van der Waals surface area contributed by atoms with Gasteiger partial charge in [0, 0.05) is 30.7 Å². The summed E-state index contributed by atoms with van der Waals surface area (Å²) in [5, 5.41) is 13.5. The van der Waals surface area contributed by atoms with Crippen LogP contribution in [0.4, 0.5) is 0 Å². The van der Waals surface area contributed by atoms with Crippen molar-refractivity contribution >= 4 is 41.3 Å². The molecule has 1 atom stereocenters. The van der Waals surface area contributed by atoms with Crippen LogP contribution in [0.5, 0.6) is 0 Å². The van der Waals surface area contributed by atoms with Gasteiger partial charge in [0.15, 0.2) is 5.96 Å². The molecule has 0 saturated carbocycles. The topological polar surface area (TPSA) is 54.2 Å². The summed E-state index contributed by atoms with van der Waals surface area (Å²) in [6.45, 7) is 9.31. The maximum Gasteiger partial charge on any atom is 0.191 e. The second-order valence-corrected chi connectivity index (χ2v) is 6.98. The highest BCUT2D eigenvalue weighted by molar-refractivity contribution is 14.0. The second kappa shape index (κ2) is 9.41. The molecule has 7 heteroatoms. The Morgan fingerprint density at radius 2 is 2.08 bits per heavy atom. The lowest BCUT2D eigenvalue weighted by Gasteiger charge is -2.18. The summed E-state index contributed by atoms with van der Waals surface area (Å²) < 4.78 is 1.95. The maximum atomic E-state index is 4.49. The van der Waals surface area contributed by atoms with Gasteiger partial charge in [-0.15, -0.1) is 35.3 Å². The van der Waals surface area contributed by atoms with Crippen molar-refractivity contribution in [3.63, 3.8) is 0 Å². The van der Waals surface area contributed by atoms with E-state index in [1.54, 1.807) is 11.3 Å². The van der Waals surface area contributed by atoms with E-state index in [0.29, 0.717) is 0 Å². The molecule has 0 spiro atoms. The summed E-state index contributed by atoms with van der Waals surface area (Å²) in [6.07, 6.45) is 0.935. The average molecular weight is 461 g/mol. The van der Waals surface area contributed by atoms with Crippen LogP contribution in [0.2, 0.25) is 0 Å². The Morgan fingerprint density at radius 3 is 2.58 bits per heavy atom.